The average Bonchev–Trinajstić information content (AvgIpc) is 2.60. The summed E-state index contributed by atoms with van der Waals surface area (Å²) in [5, 5.41) is 10.1. The second kappa shape index (κ2) is 7.05. The molecule has 2 aliphatic rings. The van der Waals surface area contributed by atoms with Crippen molar-refractivity contribution >= 4 is 0 Å². The minimum atomic E-state index is -0.616. The third-order valence-electron chi connectivity index (χ3n) is 5.25. The maximum Gasteiger partial charge on any atom is 0.157 e. The van der Waals surface area contributed by atoms with E-state index in [9.17, 15) is 5.11 Å². The SMILES string of the molecule is CCO[C@@H](O)[C@H](C)[C@@H]1CCC[C@@H]2CCC(C)OCC21. The van der Waals surface area contributed by atoms with E-state index in [4.69, 9.17) is 9.47 Å². The average molecular weight is 270 g/mol. The van der Waals surface area contributed by atoms with Gasteiger partial charge in [-0.1, -0.05) is 19.8 Å². The molecule has 3 nitrogen and oxygen atoms in total. The minimum Gasteiger partial charge on any atom is -0.378 e. The van der Waals surface area contributed by atoms with E-state index in [1.54, 1.807) is 0 Å². The predicted molar refractivity (Wildman–Crippen MR) is 75.8 cm³/mol. The molecule has 1 heterocycles. The van der Waals surface area contributed by atoms with Crippen molar-refractivity contribution in [2.45, 2.75) is 65.3 Å². The Morgan fingerprint density at radius 2 is 2.05 bits per heavy atom. The van der Waals surface area contributed by atoms with Crippen LogP contribution in [0.25, 0.3) is 0 Å². The molecule has 6 atom stereocenters. The van der Waals surface area contributed by atoms with Crippen LogP contribution < -0.4 is 0 Å². The van der Waals surface area contributed by atoms with E-state index in [1.807, 2.05) is 6.92 Å². The lowest BCUT2D eigenvalue weighted by Crippen LogP contribution is -2.39. The van der Waals surface area contributed by atoms with E-state index in [0.717, 1.165) is 12.5 Å². The van der Waals surface area contributed by atoms with Crippen LogP contribution in [0.5, 0.6) is 0 Å². The van der Waals surface area contributed by atoms with Gasteiger partial charge in [0.2, 0.25) is 0 Å². The van der Waals surface area contributed by atoms with E-state index in [1.165, 1.54) is 32.1 Å². The van der Waals surface area contributed by atoms with Crippen LogP contribution in [-0.4, -0.2) is 30.7 Å². The highest BCUT2D eigenvalue weighted by Crippen LogP contribution is 2.44. The van der Waals surface area contributed by atoms with Gasteiger partial charge in [-0.05, 0) is 50.9 Å². The maximum absolute atomic E-state index is 10.1. The van der Waals surface area contributed by atoms with Crippen LogP contribution in [0.2, 0.25) is 0 Å². The first-order valence-electron chi connectivity index (χ1n) is 8.04. The standard InChI is InChI=1S/C16H30O3/c1-4-18-16(17)12(3)14-7-5-6-13-9-8-11(2)19-10-15(13)14/h11-17H,4-10H2,1-3H3/t11?,12-,13-,14+,15?,16-/m1/s1. The third-order valence-corrected chi connectivity index (χ3v) is 5.25. The normalized spacial score (nSPS) is 39.2. The van der Waals surface area contributed by atoms with E-state index in [2.05, 4.69) is 13.8 Å². The topological polar surface area (TPSA) is 38.7 Å². The molecule has 1 aliphatic carbocycles. The number of fused-ring (bicyclic) bond motifs is 1. The second-order valence-corrected chi connectivity index (χ2v) is 6.45. The monoisotopic (exact) mass is 270 g/mol. The molecular formula is C16H30O3. The molecule has 2 rings (SSSR count). The van der Waals surface area contributed by atoms with E-state index >= 15 is 0 Å². The molecule has 112 valence electrons. The summed E-state index contributed by atoms with van der Waals surface area (Å²) in [6.45, 7) is 7.72. The Hall–Kier alpha value is -0.120. The molecule has 1 saturated heterocycles. The smallest absolute Gasteiger partial charge is 0.157 e. The van der Waals surface area contributed by atoms with Crippen LogP contribution in [0.3, 0.4) is 0 Å². The predicted octanol–water partition coefficient (Wildman–Crippen LogP) is 3.21. The summed E-state index contributed by atoms with van der Waals surface area (Å²) in [6.07, 6.45) is 6.12. The summed E-state index contributed by atoms with van der Waals surface area (Å²) in [4.78, 5) is 0. The van der Waals surface area contributed by atoms with Crippen molar-refractivity contribution in [3.63, 3.8) is 0 Å². The summed E-state index contributed by atoms with van der Waals surface area (Å²) in [6, 6.07) is 0. The van der Waals surface area contributed by atoms with Crippen molar-refractivity contribution < 1.29 is 14.6 Å². The summed E-state index contributed by atoms with van der Waals surface area (Å²) >= 11 is 0. The first-order chi connectivity index (χ1) is 9.13. The largest absolute Gasteiger partial charge is 0.378 e. The zero-order valence-electron chi connectivity index (χ0n) is 12.7. The van der Waals surface area contributed by atoms with Gasteiger partial charge in [0.1, 0.15) is 0 Å². The van der Waals surface area contributed by atoms with Gasteiger partial charge in [0.05, 0.1) is 12.7 Å². The van der Waals surface area contributed by atoms with Crippen molar-refractivity contribution in [3.8, 4) is 0 Å². The molecule has 0 amide bonds. The minimum absolute atomic E-state index is 0.213. The van der Waals surface area contributed by atoms with E-state index in [-0.39, 0.29) is 5.92 Å². The van der Waals surface area contributed by atoms with Gasteiger partial charge in [-0.15, -0.1) is 0 Å². The van der Waals surface area contributed by atoms with E-state index in [0.29, 0.717) is 24.5 Å². The molecule has 19 heavy (non-hydrogen) atoms. The molecule has 1 saturated carbocycles. The Balaban J connectivity index is 2.02. The lowest BCUT2D eigenvalue weighted by Gasteiger charge is -2.41. The lowest BCUT2D eigenvalue weighted by molar-refractivity contribution is -0.152. The lowest BCUT2D eigenvalue weighted by atomic mass is 9.66. The fraction of sp³-hybridized carbons (Fsp3) is 1.00. The van der Waals surface area contributed by atoms with Gasteiger partial charge in [-0.3, -0.25) is 0 Å². The van der Waals surface area contributed by atoms with Gasteiger partial charge >= 0.3 is 0 Å². The number of rotatable bonds is 4. The molecule has 0 bridgehead atoms. The van der Waals surface area contributed by atoms with Crippen LogP contribution >= 0.6 is 0 Å². The highest BCUT2D eigenvalue weighted by molar-refractivity contribution is 4.87. The van der Waals surface area contributed by atoms with Crippen LogP contribution in [0, 0.1) is 23.7 Å². The molecule has 0 aromatic carbocycles. The van der Waals surface area contributed by atoms with Crippen molar-refractivity contribution in [2.75, 3.05) is 13.2 Å². The number of aliphatic hydroxyl groups excluding tert-OH is 1. The maximum atomic E-state index is 10.1. The number of hydrogen-bond acceptors (Lipinski definition) is 3. The molecule has 3 heteroatoms. The van der Waals surface area contributed by atoms with Crippen LogP contribution in [-0.2, 0) is 9.47 Å². The van der Waals surface area contributed by atoms with Gasteiger partial charge in [-0.2, -0.15) is 0 Å². The molecule has 2 unspecified atom stereocenters. The number of aliphatic hydroxyl groups is 1. The molecule has 0 aromatic heterocycles. The van der Waals surface area contributed by atoms with Gasteiger partial charge in [0, 0.05) is 12.5 Å². The fourth-order valence-corrected chi connectivity index (χ4v) is 4.01. The molecule has 1 aliphatic heterocycles. The first kappa shape index (κ1) is 15.3. The molecule has 0 aromatic rings. The first-order valence-corrected chi connectivity index (χ1v) is 8.04. The van der Waals surface area contributed by atoms with Gasteiger partial charge in [0.15, 0.2) is 6.29 Å². The second-order valence-electron chi connectivity index (χ2n) is 6.45. The third kappa shape index (κ3) is 3.71. The molecule has 2 fully saturated rings. The van der Waals surface area contributed by atoms with Crippen molar-refractivity contribution in [1.29, 1.82) is 0 Å². The highest BCUT2D eigenvalue weighted by atomic mass is 16.6. The molecule has 1 N–H and O–H groups in total. The Morgan fingerprint density at radius 1 is 1.26 bits per heavy atom. The van der Waals surface area contributed by atoms with Crippen molar-refractivity contribution in [2.24, 2.45) is 23.7 Å². The molecule has 0 radical (unpaired) electrons. The summed E-state index contributed by atoms with van der Waals surface area (Å²) in [5.41, 5.74) is 0. The zero-order chi connectivity index (χ0) is 13.8. The molecular weight excluding hydrogens is 240 g/mol. The van der Waals surface area contributed by atoms with Crippen LogP contribution in [0.1, 0.15) is 52.9 Å². The Kier molecular flexibility index (Phi) is 5.67. The number of ether oxygens (including phenoxy) is 2. The summed E-state index contributed by atoms with van der Waals surface area (Å²) < 4.78 is 11.4. The molecule has 0 spiro atoms. The summed E-state index contributed by atoms with van der Waals surface area (Å²) in [7, 11) is 0. The Morgan fingerprint density at radius 3 is 2.79 bits per heavy atom. The number of hydrogen-bond donors (Lipinski definition) is 1. The highest BCUT2D eigenvalue weighted by Gasteiger charge is 2.40. The Labute approximate surface area is 117 Å². The summed E-state index contributed by atoms with van der Waals surface area (Å²) in [5.74, 6) is 2.17. The fourth-order valence-electron chi connectivity index (χ4n) is 4.01. The van der Waals surface area contributed by atoms with Crippen molar-refractivity contribution in [1.82, 2.24) is 0 Å². The zero-order valence-corrected chi connectivity index (χ0v) is 12.7. The van der Waals surface area contributed by atoms with Gasteiger partial charge < -0.3 is 14.6 Å². The van der Waals surface area contributed by atoms with Crippen molar-refractivity contribution in [3.05, 3.63) is 0 Å². The van der Waals surface area contributed by atoms with E-state index < -0.39 is 6.29 Å². The quantitative estimate of drug-likeness (QED) is 0.797. The van der Waals surface area contributed by atoms with Gasteiger partial charge in [0.25, 0.3) is 0 Å². The van der Waals surface area contributed by atoms with Crippen LogP contribution in [0.15, 0.2) is 0 Å². The van der Waals surface area contributed by atoms with Gasteiger partial charge in [-0.25, -0.2) is 0 Å². The van der Waals surface area contributed by atoms with Crippen LogP contribution in [0.4, 0.5) is 0 Å². The Bertz CT molecular complexity index is 269.